The standard InChI is InChI=1S/C23H24N4O3S2/c1-13(2)32(29,30)18-8-6-7-17(12-18)22(28)24-20-11-16(5)26-27(20)23-25-21-15(4)9-14(3)10-19(21)31-23/h6-13H,1-5H3,(H,24,28). The molecule has 0 radical (unpaired) electrons. The monoisotopic (exact) mass is 468 g/mol. The van der Waals surface area contributed by atoms with Crippen molar-refractivity contribution in [3.63, 3.8) is 0 Å². The number of rotatable bonds is 5. The smallest absolute Gasteiger partial charge is 0.256 e. The van der Waals surface area contributed by atoms with Crippen LogP contribution in [0.4, 0.5) is 5.82 Å². The molecule has 2 aromatic carbocycles. The Morgan fingerprint density at radius 1 is 1.09 bits per heavy atom. The number of amides is 1. The van der Waals surface area contributed by atoms with Crippen molar-refractivity contribution in [2.45, 2.75) is 44.8 Å². The van der Waals surface area contributed by atoms with Crippen molar-refractivity contribution in [1.29, 1.82) is 0 Å². The number of nitrogens with one attached hydrogen (secondary N) is 1. The first-order valence-electron chi connectivity index (χ1n) is 10.2. The average Bonchev–Trinajstić information content (AvgIpc) is 3.31. The number of hydrogen-bond acceptors (Lipinski definition) is 6. The fourth-order valence-corrected chi connectivity index (χ4v) is 5.67. The summed E-state index contributed by atoms with van der Waals surface area (Å²) in [7, 11) is -3.48. The minimum absolute atomic E-state index is 0.127. The number of thiazole rings is 1. The van der Waals surface area contributed by atoms with Gasteiger partial charge in [0.1, 0.15) is 5.82 Å². The van der Waals surface area contributed by atoms with Crippen LogP contribution in [0.25, 0.3) is 15.3 Å². The highest BCUT2D eigenvalue weighted by molar-refractivity contribution is 7.92. The molecule has 0 spiro atoms. The topological polar surface area (TPSA) is 93.9 Å². The van der Waals surface area contributed by atoms with Crippen molar-refractivity contribution in [2.75, 3.05) is 5.32 Å². The lowest BCUT2D eigenvalue weighted by molar-refractivity contribution is 0.102. The molecule has 0 aliphatic carbocycles. The van der Waals surface area contributed by atoms with E-state index in [2.05, 4.69) is 22.5 Å². The fraction of sp³-hybridized carbons (Fsp3) is 0.261. The first kappa shape index (κ1) is 22.2. The summed E-state index contributed by atoms with van der Waals surface area (Å²) in [6, 6.07) is 12.0. The molecule has 166 valence electrons. The van der Waals surface area contributed by atoms with Gasteiger partial charge >= 0.3 is 0 Å². The molecule has 1 N–H and O–H groups in total. The van der Waals surface area contributed by atoms with Gasteiger partial charge in [-0.05, 0) is 70.0 Å². The third-order valence-corrected chi connectivity index (χ3v) is 8.25. The second-order valence-corrected chi connectivity index (χ2v) is 11.6. The summed E-state index contributed by atoms with van der Waals surface area (Å²) in [6.07, 6.45) is 0. The van der Waals surface area contributed by atoms with Crippen molar-refractivity contribution in [2.24, 2.45) is 0 Å². The molecule has 0 unspecified atom stereocenters. The minimum atomic E-state index is -3.48. The Morgan fingerprint density at radius 2 is 1.84 bits per heavy atom. The number of sulfone groups is 1. The zero-order chi connectivity index (χ0) is 23.2. The number of fused-ring (bicyclic) bond motifs is 1. The number of anilines is 1. The summed E-state index contributed by atoms with van der Waals surface area (Å²) in [5, 5.41) is 7.44. The number of nitrogens with zero attached hydrogens (tertiary/aromatic N) is 3. The molecule has 9 heteroatoms. The minimum Gasteiger partial charge on any atom is -0.306 e. The Kier molecular flexibility index (Phi) is 5.64. The SMILES string of the molecule is Cc1cc(C)c2nc(-n3nc(C)cc3NC(=O)c3cccc(S(=O)(=O)C(C)C)c3)sc2c1. The van der Waals surface area contributed by atoms with Crippen LogP contribution in [0.3, 0.4) is 0 Å². The molecule has 0 bridgehead atoms. The molecule has 0 atom stereocenters. The Hall–Kier alpha value is -3.04. The van der Waals surface area contributed by atoms with Gasteiger partial charge in [0.2, 0.25) is 5.13 Å². The number of benzene rings is 2. The molecule has 4 aromatic rings. The van der Waals surface area contributed by atoms with Gasteiger partial charge in [0.25, 0.3) is 5.91 Å². The van der Waals surface area contributed by atoms with Gasteiger partial charge in [-0.3, -0.25) is 4.79 Å². The van der Waals surface area contributed by atoms with Gasteiger partial charge in [0.15, 0.2) is 9.84 Å². The summed E-state index contributed by atoms with van der Waals surface area (Å²) >= 11 is 1.50. The zero-order valence-corrected chi connectivity index (χ0v) is 20.1. The molecular formula is C23H24N4O3S2. The van der Waals surface area contributed by atoms with E-state index in [9.17, 15) is 13.2 Å². The number of aryl methyl sites for hydroxylation is 3. The molecular weight excluding hydrogens is 444 g/mol. The first-order valence-corrected chi connectivity index (χ1v) is 12.5. The predicted molar refractivity (Wildman–Crippen MR) is 128 cm³/mol. The molecule has 4 rings (SSSR count). The van der Waals surface area contributed by atoms with E-state index in [1.165, 1.54) is 23.5 Å². The third-order valence-electron chi connectivity index (χ3n) is 5.12. The summed E-state index contributed by atoms with van der Waals surface area (Å²) in [5.74, 6) is 0.0538. The van der Waals surface area contributed by atoms with Crippen LogP contribution in [-0.2, 0) is 9.84 Å². The summed E-state index contributed by atoms with van der Waals surface area (Å²) in [6.45, 7) is 9.14. The Labute approximate surface area is 191 Å². The molecule has 2 heterocycles. The van der Waals surface area contributed by atoms with Gasteiger partial charge in [-0.25, -0.2) is 13.4 Å². The quantitative estimate of drug-likeness (QED) is 0.452. The van der Waals surface area contributed by atoms with Crippen LogP contribution in [0.2, 0.25) is 0 Å². The number of hydrogen-bond donors (Lipinski definition) is 1. The van der Waals surface area contributed by atoms with E-state index in [0.29, 0.717) is 10.9 Å². The van der Waals surface area contributed by atoms with Crippen LogP contribution >= 0.6 is 11.3 Å². The maximum Gasteiger partial charge on any atom is 0.256 e. The Morgan fingerprint density at radius 3 is 2.56 bits per heavy atom. The lowest BCUT2D eigenvalue weighted by Crippen LogP contribution is -2.17. The van der Waals surface area contributed by atoms with E-state index in [1.807, 2.05) is 20.8 Å². The molecule has 32 heavy (non-hydrogen) atoms. The number of aromatic nitrogens is 3. The molecule has 1 amide bonds. The second kappa shape index (κ2) is 8.14. The van der Waals surface area contributed by atoms with Crippen molar-refractivity contribution in [1.82, 2.24) is 14.8 Å². The molecule has 0 saturated carbocycles. The van der Waals surface area contributed by atoms with Crippen LogP contribution in [0.5, 0.6) is 0 Å². The summed E-state index contributed by atoms with van der Waals surface area (Å²) in [5.41, 5.74) is 4.14. The van der Waals surface area contributed by atoms with Gasteiger partial charge < -0.3 is 5.32 Å². The summed E-state index contributed by atoms with van der Waals surface area (Å²) < 4.78 is 27.6. The Bertz CT molecular complexity index is 1450. The highest BCUT2D eigenvalue weighted by Gasteiger charge is 2.21. The van der Waals surface area contributed by atoms with Crippen molar-refractivity contribution < 1.29 is 13.2 Å². The molecule has 0 aliphatic heterocycles. The third kappa shape index (κ3) is 4.05. The molecule has 0 aliphatic rings. The second-order valence-electron chi connectivity index (χ2n) is 8.08. The number of carbonyl (C=O) groups excluding carboxylic acids is 1. The lowest BCUT2D eigenvalue weighted by Gasteiger charge is -2.10. The van der Waals surface area contributed by atoms with E-state index in [4.69, 9.17) is 4.98 Å². The normalized spacial score (nSPS) is 11.9. The predicted octanol–water partition coefficient (Wildman–Crippen LogP) is 4.84. The van der Waals surface area contributed by atoms with Crippen molar-refractivity contribution in [3.8, 4) is 5.13 Å². The van der Waals surface area contributed by atoms with Crippen LogP contribution in [-0.4, -0.2) is 34.3 Å². The van der Waals surface area contributed by atoms with Crippen LogP contribution in [0, 0.1) is 20.8 Å². The maximum atomic E-state index is 13.0. The van der Waals surface area contributed by atoms with Crippen LogP contribution in [0.15, 0.2) is 47.4 Å². The van der Waals surface area contributed by atoms with Crippen LogP contribution < -0.4 is 5.32 Å². The first-order chi connectivity index (χ1) is 15.1. The van der Waals surface area contributed by atoms with Gasteiger partial charge in [-0.2, -0.15) is 9.78 Å². The van der Waals surface area contributed by atoms with Gasteiger partial charge in [-0.1, -0.05) is 23.5 Å². The maximum absolute atomic E-state index is 13.0. The number of carbonyl (C=O) groups is 1. The molecule has 7 nitrogen and oxygen atoms in total. The highest BCUT2D eigenvalue weighted by atomic mass is 32.2. The molecule has 2 aromatic heterocycles. The van der Waals surface area contributed by atoms with Crippen LogP contribution in [0.1, 0.15) is 41.0 Å². The van der Waals surface area contributed by atoms with E-state index < -0.39 is 21.0 Å². The van der Waals surface area contributed by atoms with Gasteiger partial charge in [0, 0.05) is 11.6 Å². The van der Waals surface area contributed by atoms with E-state index in [1.54, 1.807) is 36.7 Å². The zero-order valence-electron chi connectivity index (χ0n) is 18.5. The van der Waals surface area contributed by atoms with Gasteiger partial charge in [0.05, 0.1) is 26.1 Å². The van der Waals surface area contributed by atoms with Crippen molar-refractivity contribution in [3.05, 3.63) is 64.8 Å². The largest absolute Gasteiger partial charge is 0.306 e. The van der Waals surface area contributed by atoms with E-state index in [-0.39, 0.29) is 10.5 Å². The molecule has 0 fully saturated rings. The lowest BCUT2D eigenvalue weighted by atomic mass is 10.1. The Balaban J connectivity index is 1.69. The fourth-order valence-electron chi connectivity index (χ4n) is 3.46. The van der Waals surface area contributed by atoms with E-state index in [0.717, 1.165) is 27.0 Å². The van der Waals surface area contributed by atoms with Crippen molar-refractivity contribution >= 4 is 43.1 Å². The van der Waals surface area contributed by atoms with E-state index >= 15 is 0 Å². The average molecular weight is 469 g/mol. The molecule has 0 saturated heterocycles. The van der Waals surface area contributed by atoms with Gasteiger partial charge in [-0.15, -0.1) is 0 Å². The highest BCUT2D eigenvalue weighted by Crippen LogP contribution is 2.30. The summed E-state index contributed by atoms with van der Waals surface area (Å²) in [4.78, 5) is 17.8.